The molecule has 0 unspecified atom stereocenters. The second-order valence-electron chi connectivity index (χ2n) is 6.69. The quantitative estimate of drug-likeness (QED) is 0.690. The lowest BCUT2D eigenvalue weighted by Gasteiger charge is -2.24. The first kappa shape index (κ1) is 20.0. The topological polar surface area (TPSA) is 76.1 Å². The maximum Gasteiger partial charge on any atom is 0.407 e. The zero-order valence-electron chi connectivity index (χ0n) is 14.1. The highest BCUT2D eigenvalue weighted by atomic mass is 79.9. The second-order valence-corrected chi connectivity index (χ2v) is 7.88. The SMILES string of the molecule is CC(C)C[C@@H](CNC(=O)OC(C)(C)C)Nc1nc(Cl)ncc1Br. The first-order valence-electron chi connectivity index (χ1n) is 7.48. The third kappa shape index (κ3) is 8.37. The summed E-state index contributed by atoms with van der Waals surface area (Å²) < 4.78 is 5.97. The van der Waals surface area contributed by atoms with Crippen molar-refractivity contribution >= 4 is 39.4 Å². The van der Waals surface area contributed by atoms with E-state index in [2.05, 4.69) is 50.4 Å². The van der Waals surface area contributed by atoms with Crippen molar-refractivity contribution in [2.75, 3.05) is 11.9 Å². The third-order valence-electron chi connectivity index (χ3n) is 2.70. The average molecular weight is 408 g/mol. The molecule has 1 amide bonds. The number of carbonyl (C=O) groups excluding carboxylic acids is 1. The number of aromatic nitrogens is 2. The molecule has 0 bridgehead atoms. The second kappa shape index (κ2) is 8.68. The smallest absolute Gasteiger partial charge is 0.407 e. The summed E-state index contributed by atoms with van der Waals surface area (Å²) in [5, 5.41) is 6.23. The maximum absolute atomic E-state index is 11.8. The number of ether oxygens (including phenoxy) is 1. The molecule has 0 fully saturated rings. The summed E-state index contributed by atoms with van der Waals surface area (Å²) >= 11 is 9.22. The van der Waals surface area contributed by atoms with E-state index >= 15 is 0 Å². The van der Waals surface area contributed by atoms with Gasteiger partial charge in [0.1, 0.15) is 11.4 Å². The molecule has 1 atom stereocenters. The number of hydrogen-bond donors (Lipinski definition) is 2. The molecule has 2 N–H and O–H groups in total. The Labute approximate surface area is 150 Å². The standard InChI is InChI=1S/C15H24BrClN4O2/c1-9(2)6-10(7-19-14(22)23-15(3,4)5)20-12-11(16)8-18-13(17)21-12/h8-10H,6-7H2,1-5H3,(H,19,22)(H,18,20,21)/t10-/m0/s1. The molecule has 0 radical (unpaired) electrons. The number of nitrogens with one attached hydrogen (secondary N) is 2. The van der Waals surface area contributed by atoms with Crippen LogP contribution in [0.3, 0.4) is 0 Å². The van der Waals surface area contributed by atoms with Gasteiger partial charge < -0.3 is 15.4 Å². The van der Waals surface area contributed by atoms with E-state index in [1.807, 2.05) is 20.8 Å². The Morgan fingerprint density at radius 1 is 1.43 bits per heavy atom. The number of carbonyl (C=O) groups is 1. The van der Waals surface area contributed by atoms with Crippen molar-refractivity contribution in [3.05, 3.63) is 16.0 Å². The minimum Gasteiger partial charge on any atom is -0.444 e. The van der Waals surface area contributed by atoms with E-state index in [1.165, 1.54) is 0 Å². The Morgan fingerprint density at radius 3 is 2.65 bits per heavy atom. The molecule has 0 saturated carbocycles. The van der Waals surface area contributed by atoms with Crippen molar-refractivity contribution in [1.29, 1.82) is 0 Å². The van der Waals surface area contributed by atoms with Crippen molar-refractivity contribution in [1.82, 2.24) is 15.3 Å². The van der Waals surface area contributed by atoms with Gasteiger partial charge in [-0.15, -0.1) is 0 Å². The summed E-state index contributed by atoms with van der Waals surface area (Å²) in [7, 11) is 0. The van der Waals surface area contributed by atoms with Gasteiger partial charge in [-0.25, -0.2) is 9.78 Å². The number of anilines is 1. The third-order valence-corrected chi connectivity index (χ3v) is 3.47. The van der Waals surface area contributed by atoms with Crippen LogP contribution < -0.4 is 10.6 Å². The molecule has 1 aromatic rings. The van der Waals surface area contributed by atoms with Gasteiger partial charge in [0.2, 0.25) is 5.28 Å². The average Bonchev–Trinajstić information content (AvgIpc) is 2.37. The van der Waals surface area contributed by atoms with Crippen molar-refractivity contribution in [2.45, 2.75) is 52.7 Å². The van der Waals surface area contributed by atoms with Gasteiger partial charge in [0.05, 0.1) is 4.47 Å². The highest BCUT2D eigenvalue weighted by Gasteiger charge is 2.19. The van der Waals surface area contributed by atoms with Gasteiger partial charge in [-0.1, -0.05) is 13.8 Å². The van der Waals surface area contributed by atoms with Crippen molar-refractivity contribution < 1.29 is 9.53 Å². The molecule has 0 aromatic carbocycles. The lowest BCUT2D eigenvalue weighted by molar-refractivity contribution is 0.0524. The van der Waals surface area contributed by atoms with Gasteiger partial charge in [0.15, 0.2) is 0 Å². The van der Waals surface area contributed by atoms with E-state index in [1.54, 1.807) is 6.20 Å². The van der Waals surface area contributed by atoms with Crippen LogP contribution in [0, 0.1) is 5.92 Å². The number of amides is 1. The first-order chi connectivity index (χ1) is 10.6. The van der Waals surface area contributed by atoms with Crippen LogP contribution in [-0.4, -0.2) is 34.2 Å². The Hall–Kier alpha value is -1.08. The highest BCUT2D eigenvalue weighted by Crippen LogP contribution is 2.22. The van der Waals surface area contributed by atoms with Crippen LogP contribution in [0.1, 0.15) is 41.0 Å². The zero-order chi connectivity index (χ0) is 17.6. The van der Waals surface area contributed by atoms with Crippen molar-refractivity contribution in [2.24, 2.45) is 5.92 Å². The van der Waals surface area contributed by atoms with E-state index in [0.29, 0.717) is 22.8 Å². The van der Waals surface area contributed by atoms with Gasteiger partial charge in [0.25, 0.3) is 0 Å². The van der Waals surface area contributed by atoms with Crippen molar-refractivity contribution in [3.8, 4) is 0 Å². The summed E-state index contributed by atoms with van der Waals surface area (Å²) in [6.07, 6.45) is 2.00. The monoisotopic (exact) mass is 406 g/mol. The molecule has 1 aromatic heterocycles. The van der Waals surface area contributed by atoms with Crippen LogP contribution in [0.15, 0.2) is 10.7 Å². The molecular weight excluding hydrogens is 384 g/mol. The minimum absolute atomic E-state index is 0.00946. The van der Waals surface area contributed by atoms with E-state index < -0.39 is 11.7 Å². The van der Waals surface area contributed by atoms with Crippen LogP contribution in [0.4, 0.5) is 10.6 Å². The molecule has 0 saturated heterocycles. The summed E-state index contributed by atoms with van der Waals surface area (Å²) in [4.78, 5) is 19.9. The summed E-state index contributed by atoms with van der Waals surface area (Å²) in [6.45, 7) is 10.1. The van der Waals surface area contributed by atoms with E-state index in [4.69, 9.17) is 16.3 Å². The van der Waals surface area contributed by atoms with E-state index in [-0.39, 0.29) is 11.3 Å². The summed E-state index contributed by atoms with van der Waals surface area (Å²) in [5.41, 5.74) is -0.520. The fraction of sp³-hybridized carbons (Fsp3) is 0.667. The number of halogens is 2. The lowest BCUT2D eigenvalue weighted by Crippen LogP contribution is -2.40. The summed E-state index contributed by atoms with van der Waals surface area (Å²) in [6, 6.07) is -0.00946. The van der Waals surface area contributed by atoms with Gasteiger partial charge in [-0.3, -0.25) is 0 Å². The van der Waals surface area contributed by atoms with Crippen LogP contribution in [0.25, 0.3) is 0 Å². The van der Waals surface area contributed by atoms with Gasteiger partial charge in [-0.2, -0.15) is 4.98 Å². The van der Waals surface area contributed by atoms with Crippen LogP contribution in [0.2, 0.25) is 5.28 Å². The molecule has 23 heavy (non-hydrogen) atoms. The molecular formula is C15H24BrClN4O2. The molecule has 6 nitrogen and oxygen atoms in total. The molecule has 0 aliphatic carbocycles. The molecule has 1 rings (SSSR count). The highest BCUT2D eigenvalue weighted by molar-refractivity contribution is 9.10. The molecule has 0 spiro atoms. The van der Waals surface area contributed by atoms with Gasteiger partial charge in [0, 0.05) is 18.8 Å². The van der Waals surface area contributed by atoms with Crippen LogP contribution >= 0.6 is 27.5 Å². The van der Waals surface area contributed by atoms with Crippen LogP contribution in [0.5, 0.6) is 0 Å². The number of alkyl carbamates (subject to hydrolysis) is 1. The fourth-order valence-electron chi connectivity index (χ4n) is 1.92. The molecule has 0 aliphatic rings. The predicted octanol–water partition coefficient (Wildman–Crippen LogP) is 4.24. The molecule has 130 valence electrons. The number of rotatable bonds is 6. The van der Waals surface area contributed by atoms with Crippen molar-refractivity contribution in [3.63, 3.8) is 0 Å². The number of nitrogens with zero attached hydrogens (tertiary/aromatic N) is 2. The summed E-state index contributed by atoms with van der Waals surface area (Å²) in [5.74, 6) is 1.05. The number of hydrogen-bond acceptors (Lipinski definition) is 5. The van der Waals surface area contributed by atoms with Gasteiger partial charge in [-0.05, 0) is 60.6 Å². The largest absolute Gasteiger partial charge is 0.444 e. The maximum atomic E-state index is 11.8. The predicted molar refractivity (Wildman–Crippen MR) is 95.8 cm³/mol. The normalized spacial score (nSPS) is 12.9. The Balaban J connectivity index is 2.69. The Kier molecular flexibility index (Phi) is 7.54. The van der Waals surface area contributed by atoms with E-state index in [9.17, 15) is 4.79 Å². The van der Waals surface area contributed by atoms with E-state index in [0.717, 1.165) is 6.42 Å². The lowest BCUT2D eigenvalue weighted by atomic mass is 10.0. The minimum atomic E-state index is -0.520. The first-order valence-corrected chi connectivity index (χ1v) is 8.65. The van der Waals surface area contributed by atoms with Gasteiger partial charge >= 0.3 is 6.09 Å². The molecule has 8 heteroatoms. The Bertz CT molecular complexity index is 535. The fourth-order valence-corrected chi connectivity index (χ4v) is 2.36. The zero-order valence-corrected chi connectivity index (χ0v) is 16.5. The van der Waals surface area contributed by atoms with Crippen LogP contribution in [-0.2, 0) is 4.74 Å². The Morgan fingerprint density at radius 2 is 2.09 bits per heavy atom. The molecule has 0 aliphatic heterocycles. The molecule has 1 heterocycles.